The molecule has 0 radical (unpaired) electrons. The van der Waals surface area contributed by atoms with Crippen LogP contribution in [0.2, 0.25) is 0 Å². The summed E-state index contributed by atoms with van der Waals surface area (Å²) in [6, 6.07) is 12.4. The predicted octanol–water partition coefficient (Wildman–Crippen LogP) is 2.85. The third-order valence-electron chi connectivity index (χ3n) is 6.27. The van der Waals surface area contributed by atoms with Crippen LogP contribution >= 0.6 is 24.0 Å². The Hall–Kier alpha value is -1.39. The van der Waals surface area contributed by atoms with Crippen molar-refractivity contribution in [3.05, 3.63) is 35.9 Å². The molecule has 2 fully saturated rings. The van der Waals surface area contributed by atoms with Gasteiger partial charge in [0.1, 0.15) is 6.54 Å². The molecule has 1 aromatic carbocycles. The van der Waals surface area contributed by atoms with E-state index in [1.54, 1.807) is 19.0 Å². The highest BCUT2D eigenvalue weighted by Crippen LogP contribution is 2.36. The Balaban J connectivity index is 0.00000363. The van der Waals surface area contributed by atoms with Gasteiger partial charge in [0.2, 0.25) is 5.91 Å². The van der Waals surface area contributed by atoms with Gasteiger partial charge in [0, 0.05) is 58.5 Å². The first kappa shape index (κ1) is 26.9. The molecule has 0 aliphatic carbocycles. The molecular weight excluding hydrogens is 517 g/mol. The number of hydrogen-bond acceptors (Lipinski definition) is 4. The third kappa shape index (κ3) is 8.19. The summed E-state index contributed by atoms with van der Waals surface area (Å²) < 4.78 is 5.43. The lowest BCUT2D eigenvalue weighted by atomic mass is 9.96. The zero-order chi connectivity index (χ0) is 22.1. The summed E-state index contributed by atoms with van der Waals surface area (Å²) in [6.07, 6.45) is 5.68. The fourth-order valence-corrected chi connectivity index (χ4v) is 4.60. The Morgan fingerprint density at radius 2 is 1.88 bits per heavy atom. The maximum Gasteiger partial charge on any atom is 0.243 e. The molecule has 2 N–H and O–H groups in total. The number of carbonyl (C=O) groups is 1. The Morgan fingerprint density at radius 1 is 1.19 bits per heavy atom. The second-order valence-electron chi connectivity index (χ2n) is 8.79. The maximum atomic E-state index is 12.0. The van der Waals surface area contributed by atoms with Crippen LogP contribution < -0.4 is 10.6 Å². The van der Waals surface area contributed by atoms with Gasteiger partial charge in [-0.1, -0.05) is 30.3 Å². The normalized spacial score (nSPS) is 22.8. The highest BCUT2D eigenvalue weighted by atomic mass is 127. The Kier molecular flexibility index (Phi) is 11.7. The molecule has 3 rings (SSSR count). The number of rotatable bonds is 10. The number of guanidine groups is 1. The monoisotopic (exact) mass is 557 g/mol. The van der Waals surface area contributed by atoms with Crippen LogP contribution in [-0.4, -0.2) is 80.2 Å². The smallest absolute Gasteiger partial charge is 0.243 e. The zero-order valence-electron chi connectivity index (χ0n) is 19.8. The molecule has 2 aliphatic rings. The van der Waals surface area contributed by atoms with E-state index in [1.165, 1.54) is 18.4 Å². The molecule has 1 amide bonds. The van der Waals surface area contributed by atoms with Gasteiger partial charge in [0.15, 0.2) is 5.96 Å². The van der Waals surface area contributed by atoms with Crippen molar-refractivity contribution in [2.24, 2.45) is 4.99 Å². The van der Waals surface area contributed by atoms with Crippen molar-refractivity contribution < 1.29 is 9.53 Å². The summed E-state index contributed by atoms with van der Waals surface area (Å²) in [4.78, 5) is 20.9. The molecule has 8 heteroatoms. The molecule has 7 nitrogen and oxygen atoms in total. The van der Waals surface area contributed by atoms with E-state index in [1.807, 2.05) is 6.92 Å². The van der Waals surface area contributed by atoms with Gasteiger partial charge in [-0.05, 0) is 44.6 Å². The minimum absolute atomic E-state index is 0. The van der Waals surface area contributed by atoms with Gasteiger partial charge in [-0.15, -0.1) is 24.0 Å². The molecule has 2 unspecified atom stereocenters. The number of benzene rings is 1. The fraction of sp³-hybridized carbons (Fsp3) is 0.667. The second-order valence-corrected chi connectivity index (χ2v) is 8.79. The van der Waals surface area contributed by atoms with E-state index in [2.05, 4.69) is 50.9 Å². The van der Waals surface area contributed by atoms with Gasteiger partial charge in [0.05, 0.1) is 0 Å². The second kappa shape index (κ2) is 14.0. The van der Waals surface area contributed by atoms with E-state index in [0.29, 0.717) is 18.1 Å². The van der Waals surface area contributed by atoms with Crippen molar-refractivity contribution >= 4 is 35.8 Å². The number of nitrogens with one attached hydrogen (secondary N) is 2. The minimum Gasteiger partial charge on any atom is -0.382 e. The van der Waals surface area contributed by atoms with Gasteiger partial charge in [-0.3, -0.25) is 9.69 Å². The number of hydrogen-bond donors (Lipinski definition) is 2. The molecule has 2 heterocycles. The largest absolute Gasteiger partial charge is 0.382 e. The van der Waals surface area contributed by atoms with Gasteiger partial charge in [-0.25, -0.2) is 4.99 Å². The van der Waals surface area contributed by atoms with Crippen LogP contribution in [0.4, 0.5) is 0 Å². The lowest BCUT2D eigenvalue weighted by molar-refractivity contribution is -0.127. The number of carbonyl (C=O) groups excluding carboxylic acids is 1. The molecule has 2 bridgehead atoms. The number of aliphatic imine (C=N–C) groups is 1. The van der Waals surface area contributed by atoms with Crippen molar-refractivity contribution in [3.8, 4) is 0 Å². The maximum absolute atomic E-state index is 12.0. The molecule has 32 heavy (non-hydrogen) atoms. The van der Waals surface area contributed by atoms with Crippen LogP contribution in [0, 0.1) is 0 Å². The van der Waals surface area contributed by atoms with Crippen LogP contribution in [0.5, 0.6) is 0 Å². The Bertz CT molecular complexity index is 702. The minimum atomic E-state index is 0. The number of ether oxygens (including phenoxy) is 1. The summed E-state index contributed by atoms with van der Waals surface area (Å²) >= 11 is 0. The van der Waals surface area contributed by atoms with Crippen LogP contribution in [-0.2, 0) is 16.1 Å². The molecule has 2 saturated heterocycles. The fourth-order valence-electron chi connectivity index (χ4n) is 4.60. The number of piperidine rings is 1. The lowest BCUT2D eigenvalue weighted by Crippen LogP contribution is -2.52. The van der Waals surface area contributed by atoms with Crippen LogP contribution in [0.15, 0.2) is 35.3 Å². The third-order valence-corrected chi connectivity index (χ3v) is 6.27. The molecule has 1 aromatic rings. The summed E-state index contributed by atoms with van der Waals surface area (Å²) in [5, 5.41) is 7.02. The van der Waals surface area contributed by atoms with Crippen molar-refractivity contribution in [2.75, 3.05) is 40.4 Å². The van der Waals surface area contributed by atoms with E-state index in [-0.39, 0.29) is 36.4 Å². The van der Waals surface area contributed by atoms with Gasteiger partial charge in [0.25, 0.3) is 0 Å². The average molecular weight is 558 g/mol. The van der Waals surface area contributed by atoms with E-state index in [9.17, 15) is 4.79 Å². The van der Waals surface area contributed by atoms with E-state index in [0.717, 1.165) is 51.5 Å². The van der Waals surface area contributed by atoms with E-state index in [4.69, 9.17) is 4.74 Å². The van der Waals surface area contributed by atoms with Crippen LogP contribution in [0.3, 0.4) is 0 Å². The predicted molar refractivity (Wildman–Crippen MR) is 140 cm³/mol. The van der Waals surface area contributed by atoms with Crippen molar-refractivity contribution in [1.29, 1.82) is 0 Å². The SMILES string of the molecule is CCOCCCNC(=NCC(=O)N(C)C)NC1CC2CCC(C1)N2Cc1ccccc1.I. The first-order valence-electron chi connectivity index (χ1n) is 11.7. The Morgan fingerprint density at radius 3 is 2.50 bits per heavy atom. The highest BCUT2D eigenvalue weighted by Gasteiger charge is 2.40. The lowest BCUT2D eigenvalue weighted by Gasteiger charge is -2.39. The quantitative estimate of drug-likeness (QED) is 0.201. The Labute approximate surface area is 210 Å². The van der Waals surface area contributed by atoms with Crippen molar-refractivity contribution in [3.63, 3.8) is 0 Å². The van der Waals surface area contributed by atoms with Crippen LogP contribution in [0.25, 0.3) is 0 Å². The summed E-state index contributed by atoms with van der Waals surface area (Å²) in [5.41, 5.74) is 1.39. The molecule has 0 saturated carbocycles. The summed E-state index contributed by atoms with van der Waals surface area (Å²) in [6.45, 7) is 5.45. The first-order valence-corrected chi connectivity index (χ1v) is 11.7. The summed E-state index contributed by atoms with van der Waals surface area (Å²) in [7, 11) is 3.53. The molecule has 180 valence electrons. The van der Waals surface area contributed by atoms with E-state index >= 15 is 0 Å². The van der Waals surface area contributed by atoms with E-state index < -0.39 is 0 Å². The van der Waals surface area contributed by atoms with Gasteiger partial charge >= 0.3 is 0 Å². The molecule has 2 atom stereocenters. The van der Waals surface area contributed by atoms with Crippen molar-refractivity contribution in [2.45, 2.75) is 63.7 Å². The molecular formula is C24H40IN5O2. The molecule has 0 aromatic heterocycles. The molecule has 2 aliphatic heterocycles. The topological polar surface area (TPSA) is 69.2 Å². The zero-order valence-corrected chi connectivity index (χ0v) is 22.1. The first-order chi connectivity index (χ1) is 15.1. The number of likely N-dealkylation sites (N-methyl/N-ethyl adjacent to an activating group) is 1. The number of fused-ring (bicyclic) bond motifs is 2. The summed E-state index contributed by atoms with van der Waals surface area (Å²) in [5.74, 6) is 0.751. The van der Waals surface area contributed by atoms with Crippen molar-refractivity contribution in [1.82, 2.24) is 20.4 Å². The standard InChI is InChI=1S/C24H39N5O2.HI/c1-4-31-14-8-13-25-24(26-17-23(30)28(2)3)27-20-15-21-11-12-22(16-20)29(21)18-19-9-6-5-7-10-19;/h5-7,9-10,20-22H,4,8,11-18H2,1-3H3,(H2,25,26,27);1H. The van der Waals surface area contributed by atoms with Gasteiger partial charge < -0.3 is 20.3 Å². The molecule has 0 spiro atoms. The van der Waals surface area contributed by atoms with Crippen LogP contribution in [0.1, 0.15) is 44.6 Å². The highest BCUT2D eigenvalue weighted by molar-refractivity contribution is 14.0. The average Bonchev–Trinajstić information content (AvgIpc) is 2.99. The van der Waals surface area contributed by atoms with Gasteiger partial charge in [-0.2, -0.15) is 0 Å². The number of halogens is 1. The number of amides is 1. The number of nitrogens with zero attached hydrogens (tertiary/aromatic N) is 3.